The monoisotopic (exact) mass is 412 g/mol. The molecule has 0 fully saturated rings. The van der Waals surface area contributed by atoms with E-state index in [2.05, 4.69) is 17.5 Å². The Hall–Kier alpha value is -3.93. The molecule has 1 aromatic heterocycles. The maximum Gasteiger partial charge on any atom is 0.269 e. The van der Waals surface area contributed by atoms with Crippen molar-refractivity contribution in [2.45, 2.75) is 18.4 Å². The molecule has 2 aliphatic rings. The minimum atomic E-state index is -0.362. The average molecular weight is 412 g/mol. The van der Waals surface area contributed by atoms with Gasteiger partial charge in [0.1, 0.15) is 5.76 Å². The number of hydrogen-bond acceptors (Lipinski definition) is 5. The van der Waals surface area contributed by atoms with E-state index in [9.17, 15) is 14.9 Å². The second kappa shape index (κ2) is 7.72. The summed E-state index contributed by atoms with van der Waals surface area (Å²) < 4.78 is 5.24. The number of carbonyl (C=O) groups excluding carboxylic acids is 1. The molecule has 0 amide bonds. The van der Waals surface area contributed by atoms with Gasteiger partial charge in [-0.2, -0.15) is 0 Å². The van der Waals surface area contributed by atoms with E-state index in [4.69, 9.17) is 4.42 Å². The first-order valence-corrected chi connectivity index (χ1v) is 10.2. The van der Waals surface area contributed by atoms with Crippen LogP contribution in [-0.2, 0) is 0 Å². The number of allylic oxidation sites excluding steroid dienone is 3. The van der Waals surface area contributed by atoms with Crippen LogP contribution < -0.4 is 5.32 Å². The normalized spacial score (nSPS) is 21.5. The summed E-state index contributed by atoms with van der Waals surface area (Å²) in [6.45, 7) is 0. The molecule has 0 spiro atoms. The molecule has 1 N–H and O–H groups in total. The van der Waals surface area contributed by atoms with Gasteiger partial charge in [-0.25, -0.2) is 0 Å². The minimum absolute atomic E-state index is 0.0344. The zero-order chi connectivity index (χ0) is 21.4. The van der Waals surface area contributed by atoms with Crippen molar-refractivity contribution in [3.05, 3.63) is 112 Å². The van der Waals surface area contributed by atoms with Gasteiger partial charge in [-0.3, -0.25) is 14.9 Å². The second-order valence-corrected chi connectivity index (χ2v) is 7.84. The molecule has 0 saturated carbocycles. The zero-order valence-corrected chi connectivity index (χ0v) is 16.6. The van der Waals surface area contributed by atoms with Gasteiger partial charge in [0.2, 0.25) is 0 Å². The summed E-state index contributed by atoms with van der Waals surface area (Å²) in [6.07, 6.45) is 9.96. The van der Waals surface area contributed by atoms with Gasteiger partial charge in [0.15, 0.2) is 5.78 Å². The summed E-state index contributed by atoms with van der Waals surface area (Å²) in [5.41, 5.74) is 3.65. The molecule has 0 saturated heterocycles. The van der Waals surface area contributed by atoms with Crippen molar-refractivity contribution in [3.63, 3.8) is 0 Å². The number of carbonyl (C=O) groups is 1. The second-order valence-electron chi connectivity index (χ2n) is 7.84. The number of nitrogens with one attached hydrogen (secondary N) is 1. The summed E-state index contributed by atoms with van der Waals surface area (Å²) >= 11 is 0. The largest absolute Gasteiger partial charge is 0.465 e. The average Bonchev–Trinajstić information content (AvgIpc) is 3.49. The summed E-state index contributed by atoms with van der Waals surface area (Å²) in [5.74, 6) is 0.936. The van der Waals surface area contributed by atoms with Gasteiger partial charge < -0.3 is 9.73 Å². The number of benzene rings is 2. The lowest BCUT2D eigenvalue weighted by Crippen LogP contribution is -2.29. The van der Waals surface area contributed by atoms with Crippen LogP contribution in [0, 0.1) is 16.0 Å². The van der Waals surface area contributed by atoms with Crippen LogP contribution in [0.3, 0.4) is 0 Å². The van der Waals surface area contributed by atoms with E-state index < -0.39 is 0 Å². The predicted octanol–water partition coefficient (Wildman–Crippen LogP) is 5.91. The number of fused-ring (bicyclic) bond motifs is 3. The fourth-order valence-electron chi connectivity index (χ4n) is 4.55. The topological polar surface area (TPSA) is 85.4 Å². The van der Waals surface area contributed by atoms with Crippen molar-refractivity contribution in [2.75, 3.05) is 5.32 Å². The van der Waals surface area contributed by atoms with Crippen molar-refractivity contribution in [2.24, 2.45) is 5.92 Å². The molecule has 3 aromatic rings. The molecule has 154 valence electrons. The number of nitrogens with zero attached hydrogens (tertiary/aromatic N) is 1. The van der Waals surface area contributed by atoms with Gasteiger partial charge in [0.05, 0.1) is 17.2 Å². The lowest BCUT2D eigenvalue weighted by atomic mass is 9.76. The Balaban J connectivity index is 1.46. The van der Waals surface area contributed by atoms with Crippen molar-refractivity contribution < 1.29 is 14.1 Å². The Kier molecular flexibility index (Phi) is 4.75. The number of anilines is 1. The number of nitro benzene ring substituents is 1. The lowest BCUT2D eigenvalue weighted by molar-refractivity contribution is -0.384. The van der Waals surface area contributed by atoms with Gasteiger partial charge in [-0.15, -0.1) is 0 Å². The Morgan fingerprint density at radius 1 is 1.16 bits per heavy atom. The quantitative estimate of drug-likeness (QED) is 0.185. The molecule has 2 aromatic carbocycles. The molecule has 6 nitrogen and oxygen atoms in total. The molecule has 6 heteroatoms. The summed E-state index contributed by atoms with van der Waals surface area (Å²) in [6, 6.07) is 16.1. The highest BCUT2D eigenvalue weighted by molar-refractivity contribution is 6.07. The Morgan fingerprint density at radius 3 is 2.87 bits per heavy atom. The third-order valence-electron chi connectivity index (χ3n) is 6.03. The van der Waals surface area contributed by atoms with Crippen LogP contribution >= 0.6 is 0 Å². The van der Waals surface area contributed by atoms with Gasteiger partial charge in [0, 0.05) is 29.3 Å². The first-order chi connectivity index (χ1) is 15.1. The van der Waals surface area contributed by atoms with Crippen molar-refractivity contribution in [1.82, 2.24) is 0 Å². The Labute approximate surface area is 179 Å². The molecule has 2 heterocycles. The molecular formula is C25H20N2O4. The fourth-order valence-corrected chi connectivity index (χ4v) is 4.55. The first kappa shape index (κ1) is 19.1. The van der Waals surface area contributed by atoms with E-state index in [0.717, 1.165) is 23.2 Å². The molecule has 31 heavy (non-hydrogen) atoms. The van der Waals surface area contributed by atoms with Crippen molar-refractivity contribution >= 4 is 23.2 Å². The first-order valence-electron chi connectivity index (χ1n) is 10.2. The van der Waals surface area contributed by atoms with Gasteiger partial charge in [-0.05, 0) is 65.9 Å². The maximum absolute atomic E-state index is 12.7. The summed E-state index contributed by atoms with van der Waals surface area (Å²) in [5, 5.41) is 14.8. The molecule has 0 radical (unpaired) electrons. The number of ketones is 1. The minimum Gasteiger partial charge on any atom is -0.465 e. The Bertz CT molecular complexity index is 1210. The molecule has 3 unspecified atom stereocenters. The number of rotatable bonds is 5. The van der Waals surface area contributed by atoms with Crippen LogP contribution in [0.25, 0.3) is 6.08 Å². The fraction of sp³-hybridized carbons (Fsp3) is 0.160. The number of hydrogen-bond donors (Lipinski definition) is 1. The zero-order valence-electron chi connectivity index (χ0n) is 16.6. The van der Waals surface area contributed by atoms with E-state index >= 15 is 0 Å². The van der Waals surface area contributed by atoms with Crippen LogP contribution in [0.1, 0.15) is 45.6 Å². The third-order valence-corrected chi connectivity index (χ3v) is 6.03. The van der Waals surface area contributed by atoms with Crippen molar-refractivity contribution in [1.29, 1.82) is 0 Å². The highest BCUT2D eigenvalue weighted by Gasteiger charge is 2.38. The number of non-ortho nitro benzene ring substituents is 1. The van der Waals surface area contributed by atoms with Gasteiger partial charge in [0.25, 0.3) is 5.69 Å². The molecule has 3 atom stereocenters. The van der Waals surface area contributed by atoms with E-state index in [1.54, 1.807) is 36.6 Å². The van der Waals surface area contributed by atoms with Crippen LogP contribution in [0.4, 0.5) is 11.4 Å². The highest BCUT2D eigenvalue weighted by atomic mass is 16.6. The van der Waals surface area contributed by atoms with Crippen LogP contribution in [0.5, 0.6) is 0 Å². The number of nitro groups is 1. The molecule has 5 rings (SSSR count). The van der Waals surface area contributed by atoms with Gasteiger partial charge >= 0.3 is 0 Å². The highest BCUT2D eigenvalue weighted by Crippen LogP contribution is 2.50. The summed E-state index contributed by atoms with van der Waals surface area (Å²) in [7, 11) is 0. The smallest absolute Gasteiger partial charge is 0.269 e. The van der Waals surface area contributed by atoms with Crippen LogP contribution in [0.15, 0.2) is 83.5 Å². The molecular weight excluding hydrogens is 392 g/mol. The van der Waals surface area contributed by atoms with E-state index in [1.807, 2.05) is 24.3 Å². The standard InChI is InChI=1S/C25H20N2O4/c28-24(12-10-19-6-3-13-31-19)16-9-11-23-22(15-16)20-7-2-8-21(20)25(26-23)17-4-1-5-18(14-17)27(29)30/h1-7,9-15,20-21,25-26H,8H2/b12-10+. The van der Waals surface area contributed by atoms with Gasteiger partial charge in [-0.1, -0.05) is 24.3 Å². The molecule has 0 bridgehead atoms. The number of furan rings is 1. The SMILES string of the molecule is O=C(/C=C/c1ccco1)c1ccc2c(c1)C1C=CCC1C(c1cccc([N+](=O)[O-])c1)N2. The maximum atomic E-state index is 12.7. The van der Waals surface area contributed by atoms with E-state index in [-0.39, 0.29) is 34.3 Å². The summed E-state index contributed by atoms with van der Waals surface area (Å²) in [4.78, 5) is 23.5. The lowest BCUT2D eigenvalue weighted by Gasteiger charge is -2.37. The van der Waals surface area contributed by atoms with E-state index in [1.165, 1.54) is 12.1 Å². The van der Waals surface area contributed by atoms with E-state index in [0.29, 0.717) is 11.3 Å². The third kappa shape index (κ3) is 3.57. The van der Waals surface area contributed by atoms with Crippen molar-refractivity contribution in [3.8, 4) is 0 Å². The molecule has 1 aliphatic carbocycles. The van der Waals surface area contributed by atoms with Crippen LogP contribution in [-0.4, -0.2) is 10.7 Å². The van der Waals surface area contributed by atoms with Crippen LogP contribution in [0.2, 0.25) is 0 Å². The predicted molar refractivity (Wildman–Crippen MR) is 118 cm³/mol. The Morgan fingerprint density at radius 2 is 2.06 bits per heavy atom. The molecule has 1 aliphatic heterocycles.